The van der Waals surface area contributed by atoms with Crippen LogP contribution in [0.25, 0.3) is 0 Å². The third kappa shape index (κ3) is 11.3. The number of esters is 1. The molecule has 72 heavy (non-hydrogen) atoms. The molecule has 5 aromatic carbocycles. The molecule has 0 aliphatic carbocycles. The largest absolute Gasteiger partial charge is 0.448 e. The van der Waals surface area contributed by atoms with E-state index < -0.39 is 46.0 Å². The Morgan fingerprint density at radius 2 is 1.36 bits per heavy atom. The van der Waals surface area contributed by atoms with Gasteiger partial charge in [-0.15, -0.1) is 40.0 Å². The molecule has 0 saturated carbocycles. The minimum atomic E-state index is -1.39. The molecule has 0 radical (unpaired) electrons. The number of β-lactam (4-membered cyclic amide) rings is 1. The Bertz CT molecular complexity index is 2960. The lowest BCUT2D eigenvalue weighted by molar-refractivity contribution is -0.151. The summed E-state index contributed by atoms with van der Waals surface area (Å²) in [7, 11) is 1.76. The first kappa shape index (κ1) is 49.8. The van der Waals surface area contributed by atoms with Gasteiger partial charge in [0, 0.05) is 34.0 Å². The second-order valence-electron chi connectivity index (χ2n) is 17.3. The van der Waals surface area contributed by atoms with Crippen molar-refractivity contribution in [2.24, 2.45) is 12.2 Å². The van der Waals surface area contributed by atoms with Crippen LogP contribution in [-0.4, -0.2) is 75.7 Å². The second kappa shape index (κ2) is 22.1. The first-order valence-electron chi connectivity index (χ1n) is 22.7. The van der Waals surface area contributed by atoms with Gasteiger partial charge in [0.25, 0.3) is 5.91 Å². The summed E-state index contributed by atoms with van der Waals surface area (Å²) in [5, 5.41) is 16.1. The van der Waals surface area contributed by atoms with E-state index >= 15 is 4.79 Å². The van der Waals surface area contributed by atoms with Gasteiger partial charge in [0.15, 0.2) is 16.9 Å². The van der Waals surface area contributed by atoms with Gasteiger partial charge in [0.2, 0.25) is 16.7 Å². The molecular formula is C53H48N8O7S4. The maximum Gasteiger partial charge on any atom is 0.413 e. The van der Waals surface area contributed by atoms with Gasteiger partial charge < -0.3 is 19.6 Å². The second-order valence-corrected chi connectivity index (χ2v) is 21.8. The molecular weight excluding hydrogens is 989 g/mol. The number of rotatable bonds is 17. The summed E-state index contributed by atoms with van der Waals surface area (Å²) >= 11 is 4.96. The van der Waals surface area contributed by atoms with Crippen LogP contribution in [0.15, 0.2) is 184 Å². The lowest BCUT2D eigenvalue weighted by Crippen LogP contribution is -2.57. The Morgan fingerprint density at radius 3 is 1.88 bits per heavy atom. The number of hydrogen-bond acceptors (Lipinski definition) is 15. The number of thioether (sulfide) groups is 3. The molecule has 2 aliphatic rings. The van der Waals surface area contributed by atoms with Crippen molar-refractivity contribution in [3.8, 4) is 0 Å². The van der Waals surface area contributed by atoms with Crippen LogP contribution in [0, 0.1) is 0 Å². The standard InChI is InChI=1S/C53H48N8O7S4/c1-52(2,3)67-51(65)57-50-55-39(31-69-50)42(59-68-53(36-24-14-7-15-25-36,37-26-16-8-17-27-37)38-28-18-9-19-29-38)46(63)56-47-45(70-33-71-49-54-32-60(4)58-49)43(61-40(62)30-41(61)72-47)48(64)66-44(34-20-10-5-11-21-34)35-22-12-6-13-23-35/h5-29,31-32,41,44,47H,30,33H2,1-4H3,(H,56,63)(H,55,57,65)/b59-42-. The monoisotopic (exact) mass is 1040 g/mol. The highest BCUT2D eigenvalue weighted by atomic mass is 32.2. The Hall–Kier alpha value is -7.19. The summed E-state index contributed by atoms with van der Waals surface area (Å²) in [6.45, 7) is 5.24. The lowest BCUT2D eigenvalue weighted by Gasteiger charge is -2.47. The van der Waals surface area contributed by atoms with Crippen LogP contribution < -0.4 is 10.6 Å². The van der Waals surface area contributed by atoms with Crippen molar-refractivity contribution in [3.05, 3.63) is 207 Å². The maximum atomic E-state index is 15.4. The van der Waals surface area contributed by atoms with E-state index in [4.69, 9.17) is 19.5 Å². The first-order valence-corrected chi connectivity index (χ1v) is 26.5. The summed E-state index contributed by atoms with van der Waals surface area (Å²) < 4.78 is 13.5. The molecule has 7 aromatic rings. The van der Waals surface area contributed by atoms with Crippen LogP contribution >= 0.6 is 46.6 Å². The number of carbonyl (C=O) groups is 4. The third-order valence-corrected chi connectivity index (χ3v) is 15.5. The third-order valence-electron chi connectivity index (χ3n) is 11.2. The average molecular weight is 1040 g/mol. The molecule has 2 aliphatic heterocycles. The molecule has 0 spiro atoms. The number of nitrogens with one attached hydrogen (secondary N) is 2. The number of hydrogen-bond donors (Lipinski definition) is 2. The predicted molar refractivity (Wildman–Crippen MR) is 281 cm³/mol. The Kier molecular flexibility index (Phi) is 15.3. The van der Waals surface area contributed by atoms with Crippen molar-refractivity contribution in [1.29, 1.82) is 0 Å². The summed E-state index contributed by atoms with van der Waals surface area (Å²) in [6.07, 6.45) is 0.140. The normalized spacial score (nSPS) is 15.9. The Labute approximate surface area is 432 Å². The number of nitrogens with zero attached hydrogens (tertiary/aromatic N) is 6. The minimum absolute atomic E-state index is 0.0141. The highest BCUT2D eigenvalue weighted by Gasteiger charge is 2.50. The summed E-state index contributed by atoms with van der Waals surface area (Å²) in [5.41, 5.74) is 1.31. The molecule has 2 aromatic heterocycles. The number of aromatic nitrogens is 4. The number of thiazole rings is 1. The molecule has 2 unspecified atom stereocenters. The van der Waals surface area contributed by atoms with Crippen LogP contribution in [-0.2, 0) is 41.3 Å². The van der Waals surface area contributed by atoms with E-state index in [-0.39, 0.29) is 34.6 Å². The fraction of sp³-hybridized carbons (Fsp3) is 0.208. The van der Waals surface area contributed by atoms with E-state index in [9.17, 15) is 14.4 Å². The van der Waals surface area contributed by atoms with Gasteiger partial charge in [-0.2, -0.15) is 0 Å². The quantitative estimate of drug-likeness (QED) is 0.0168. The van der Waals surface area contributed by atoms with E-state index in [1.807, 2.05) is 152 Å². The van der Waals surface area contributed by atoms with E-state index in [0.717, 1.165) is 39.2 Å². The summed E-state index contributed by atoms with van der Waals surface area (Å²) in [4.78, 5) is 74.6. The van der Waals surface area contributed by atoms with E-state index in [1.165, 1.54) is 40.2 Å². The summed E-state index contributed by atoms with van der Waals surface area (Å²) in [5.74, 6) is -1.73. The van der Waals surface area contributed by atoms with Gasteiger partial charge in [-0.3, -0.25) is 24.5 Å². The van der Waals surface area contributed by atoms with Crippen LogP contribution in [0.1, 0.15) is 66.8 Å². The smallest absolute Gasteiger partial charge is 0.413 e. The Morgan fingerprint density at radius 1 is 0.806 bits per heavy atom. The molecule has 4 heterocycles. The van der Waals surface area contributed by atoms with Gasteiger partial charge in [-0.1, -0.05) is 169 Å². The molecule has 2 atom stereocenters. The first-order chi connectivity index (χ1) is 34.9. The average Bonchev–Trinajstić information content (AvgIpc) is 4.03. The van der Waals surface area contributed by atoms with Gasteiger partial charge in [0.1, 0.15) is 28.7 Å². The van der Waals surface area contributed by atoms with Crippen molar-refractivity contribution in [2.45, 2.75) is 60.4 Å². The molecule has 9 rings (SSSR count). The van der Waals surface area contributed by atoms with E-state index in [2.05, 4.69) is 25.7 Å². The molecule has 1 fully saturated rings. The van der Waals surface area contributed by atoms with Gasteiger partial charge in [-0.25, -0.2) is 19.6 Å². The number of benzene rings is 5. The Balaban J connectivity index is 1.14. The van der Waals surface area contributed by atoms with Crippen LogP contribution in [0.3, 0.4) is 0 Å². The number of ether oxygens (including phenoxy) is 2. The number of anilines is 1. The molecule has 3 amide bonds. The predicted octanol–water partition coefficient (Wildman–Crippen LogP) is 10.1. The molecule has 19 heteroatoms. The molecule has 2 N–H and O–H groups in total. The van der Waals surface area contributed by atoms with Crippen molar-refractivity contribution in [3.63, 3.8) is 0 Å². The maximum absolute atomic E-state index is 15.4. The number of aryl methyl sites for hydroxylation is 1. The highest BCUT2D eigenvalue weighted by Crippen LogP contribution is 2.48. The SMILES string of the molecule is Cn1cnc(SCSC2=C(C(=O)OC(c3ccccc3)c3ccccc3)N3C(=O)CC3SC2NC(=O)/C(=N\OC(c2ccccc2)(c2ccccc2)c2ccccc2)c2csc(NC(=O)OC(C)(C)C)n2)n1. The van der Waals surface area contributed by atoms with E-state index in [1.54, 1.807) is 44.2 Å². The van der Waals surface area contributed by atoms with Gasteiger partial charge >= 0.3 is 12.1 Å². The fourth-order valence-corrected chi connectivity index (χ4v) is 12.3. The van der Waals surface area contributed by atoms with Crippen molar-refractivity contribution >= 4 is 81.3 Å². The zero-order chi connectivity index (χ0) is 50.2. The zero-order valence-corrected chi connectivity index (χ0v) is 42.7. The van der Waals surface area contributed by atoms with E-state index in [0.29, 0.717) is 15.1 Å². The highest BCUT2D eigenvalue weighted by molar-refractivity contribution is 8.18. The van der Waals surface area contributed by atoms with Crippen molar-refractivity contribution in [1.82, 2.24) is 30.0 Å². The number of oxime groups is 1. The summed E-state index contributed by atoms with van der Waals surface area (Å²) in [6, 6.07) is 47.4. The van der Waals surface area contributed by atoms with Crippen LogP contribution in [0.2, 0.25) is 0 Å². The van der Waals surface area contributed by atoms with Gasteiger partial charge in [0.05, 0.1) is 16.9 Å². The van der Waals surface area contributed by atoms with Crippen LogP contribution in [0.4, 0.5) is 9.93 Å². The number of fused-ring (bicyclic) bond motifs is 1. The molecule has 15 nitrogen and oxygen atoms in total. The topological polar surface area (TPSA) is 179 Å². The minimum Gasteiger partial charge on any atom is -0.448 e. The molecule has 1 saturated heterocycles. The van der Waals surface area contributed by atoms with Crippen molar-refractivity contribution < 1.29 is 33.5 Å². The number of amides is 3. The zero-order valence-electron chi connectivity index (χ0n) is 39.4. The molecule has 0 bridgehead atoms. The fourth-order valence-electron chi connectivity index (χ4n) is 7.96. The van der Waals surface area contributed by atoms with Crippen molar-refractivity contribution in [2.75, 3.05) is 10.4 Å². The van der Waals surface area contributed by atoms with Gasteiger partial charge in [-0.05, 0) is 31.9 Å². The molecule has 366 valence electrons. The lowest BCUT2D eigenvalue weighted by atomic mass is 9.80. The van der Waals surface area contributed by atoms with Crippen LogP contribution in [0.5, 0.6) is 0 Å². The number of carbonyl (C=O) groups excluding carboxylic acids is 4.